The van der Waals surface area contributed by atoms with E-state index in [1.807, 2.05) is 0 Å². The first-order chi connectivity index (χ1) is 10.1. The Labute approximate surface area is 131 Å². The molecule has 1 aromatic carbocycles. The highest BCUT2D eigenvalue weighted by Crippen LogP contribution is 2.27. The van der Waals surface area contributed by atoms with E-state index >= 15 is 0 Å². The zero-order valence-corrected chi connectivity index (χ0v) is 13.1. The maximum absolute atomic E-state index is 12.4. The van der Waals surface area contributed by atoms with Crippen molar-refractivity contribution in [2.75, 3.05) is 5.33 Å². The Morgan fingerprint density at radius 2 is 2.05 bits per heavy atom. The molecule has 1 N–H and O–H groups in total. The smallest absolute Gasteiger partial charge is 0.387 e. The summed E-state index contributed by atoms with van der Waals surface area (Å²) >= 11 is 3.47. The molecule has 1 saturated carbocycles. The van der Waals surface area contributed by atoms with Crippen molar-refractivity contribution in [3.63, 3.8) is 0 Å². The van der Waals surface area contributed by atoms with Crippen molar-refractivity contribution in [3.05, 3.63) is 29.8 Å². The second-order valence-corrected chi connectivity index (χ2v) is 5.80. The number of amides is 1. The second-order valence-electron chi connectivity index (χ2n) is 5.15. The van der Waals surface area contributed by atoms with Crippen LogP contribution in [0.5, 0.6) is 5.75 Å². The third kappa shape index (κ3) is 4.40. The summed E-state index contributed by atoms with van der Waals surface area (Å²) in [5, 5.41) is 3.78. The third-order valence-electron chi connectivity index (χ3n) is 3.77. The lowest BCUT2D eigenvalue weighted by Gasteiger charge is -2.31. The first kappa shape index (κ1) is 16.2. The van der Waals surface area contributed by atoms with Crippen molar-refractivity contribution in [2.24, 2.45) is 5.92 Å². The summed E-state index contributed by atoms with van der Waals surface area (Å²) < 4.78 is 29.2. The van der Waals surface area contributed by atoms with Crippen molar-refractivity contribution >= 4 is 21.8 Å². The van der Waals surface area contributed by atoms with Crippen molar-refractivity contribution in [2.45, 2.75) is 38.3 Å². The number of halogens is 3. The summed E-state index contributed by atoms with van der Waals surface area (Å²) in [6.45, 7) is -2.94. The lowest BCUT2D eigenvalue weighted by atomic mass is 9.86. The van der Waals surface area contributed by atoms with Crippen LogP contribution >= 0.6 is 15.9 Å². The molecule has 0 spiro atoms. The highest BCUT2D eigenvalue weighted by Gasteiger charge is 2.27. The highest BCUT2D eigenvalue weighted by molar-refractivity contribution is 9.09. The fourth-order valence-corrected chi connectivity index (χ4v) is 3.46. The molecule has 21 heavy (non-hydrogen) atoms. The van der Waals surface area contributed by atoms with Crippen LogP contribution in [-0.2, 0) is 0 Å². The molecule has 1 fully saturated rings. The molecule has 0 aliphatic heterocycles. The van der Waals surface area contributed by atoms with Crippen LogP contribution in [0.2, 0.25) is 0 Å². The molecule has 1 amide bonds. The monoisotopic (exact) mass is 361 g/mol. The Hall–Kier alpha value is -1.17. The number of carbonyl (C=O) groups is 1. The van der Waals surface area contributed by atoms with Gasteiger partial charge in [0.25, 0.3) is 5.91 Å². The van der Waals surface area contributed by atoms with Crippen molar-refractivity contribution in [1.82, 2.24) is 5.32 Å². The van der Waals surface area contributed by atoms with Crippen LogP contribution in [-0.4, -0.2) is 23.9 Å². The highest BCUT2D eigenvalue weighted by atomic mass is 79.9. The summed E-state index contributed by atoms with van der Waals surface area (Å²) in [6, 6.07) is 6.15. The minimum atomic E-state index is -2.94. The molecule has 3 nitrogen and oxygen atoms in total. The van der Waals surface area contributed by atoms with Crippen molar-refractivity contribution in [3.8, 4) is 5.75 Å². The Morgan fingerprint density at radius 1 is 1.33 bits per heavy atom. The average Bonchev–Trinajstić information content (AvgIpc) is 2.47. The summed E-state index contributed by atoms with van der Waals surface area (Å²) in [7, 11) is 0. The standard InChI is InChI=1S/C15H18BrF2NO2/c16-9-10-5-1-3-7-12(10)19-14(20)11-6-2-4-8-13(11)21-15(17)18/h2,4,6,8,10,12,15H,1,3,5,7,9H2,(H,19,20). The number of carbonyl (C=O) groups excluding carboxylic acids is 1. The van der Waals surface area contributed by atoms with Gasteiger partial charge in [0.1, 0.15) is 5.75 Å². The van der Waals surface area contributed by atoms with E-state index in [0.717, 1.165) is 31.0 Å². The molecule has 2 atom stereocenters. The molecule has 0 heterocycles. The van der Waals surface area contributed by atoms with Gasteiger partial charge >= 0.3 is 6.61 Å². The molecule has 2 rings (SSSR count). The largest absolute Gasteiger partial charge is 0.434 e. The van der Waals surface area contributed by atoms with Gasteiger partial charge in [0, 0.05) is 11.4 Å². The molecule has 0 radical (unpaired) electrons. The maximum Gasteiger partial charge on any atom is 0.387 e. The van der Waals surface area contributed by atoms with Gasteiger partial charge in [-0.15, -0.1) is 0 Å². The van der Waals surface area contributed by atoms with Gasteiger partial charge in [0.05, 0.1) is 5.56 Å². The van der Waals surface area contributed by atoms with Crippen LogP contribution in [0.3, 0.4) is 0 Å². The summed E-state index contributed by atoms with van der Waals surface area (Å²) in [5.41, 5.74) is 0.150. The molecule has 1 aromatic rings. The van der Waals surface area contributed by atoms with E-state index in [1.165, 1.54) is 12.1 Å². The van der Waals surface area contributed by atoms with E-state index in [0.29, 0.717) is 5.92 Å². The number of rotatable bonds is 5. The SMILES string of the molecule is O=C(NC1CCCCC1CBr)c1ccccc1OC(F)F. The predicted octanol–water partition coefficient (Wildman–Crippen LogP) is 3.97. The van der Waals surface area contributed by atoms with Crippen LogP contribution in [0.25, 0.3) is 0 Å². The van der Waals surface area contributed by atoms with Gasteiger partial charge in [0.2, 0.25) is 0 Å². The number of ether oxygens (including phenoxy) is 1. The van der Waals surface area contributed by atoms with Crippen molar-refractivity contribution in [1.29, 1.82) is 0 Å². The van der Waals surface area contributed by atoms with Crippen LogP contribution in [0, 0.1) is 5.92 Å². The Balaban J connectivity index is 2.09. The van der Waals surface area contributed by atoms with Gasteiger partial charge in [-0.2, -0.15) is 8.78 Å². The first-order valence-corrected chi connectivity index (χ1v) is 8.14. The van der Waals surface area contributed by atoms with Gasteiger partial charge in [-0.05, 0) is 30.9 Å². The maximum atomic E-state index is 12.4. The molecule has 1 aliphatic rings. The quantitative estimate of drug-likeness (QED) is 0.805. The van der Waals surface area contributed by atoms with Crippen molar-refractivity contribution < 1.29 is 18.3 Å². The Bertz CT molecular complexity index is 484. The fraction of sp³-hybridized carbons (Fsp3) is 0.533. The molecule has 0 saturated heterocycles. The topological polar surface area (TPSA) is 38.3 Å². The van der Waals surface area contributed by atoms with E-state index in [-0.39, 0.29) is 23.3 Å². The molecule has 0 aromatic heterocycles. The summed E-state index contributed by atoms with van der Waals surface area (Å²) in [4.78, 5) is 12.3. The minimum absolute atomic E-state index is 0.0743. The average molecular weight is 362 g/mol. The number of hydrogen-bond acceptors (Lipinski definition) is 2. The number of nitrogens with one attached hydrogen (secondary N) is 1. The Morgan fingerprint density at radius 3 is 2.76 bits per heavy atom. The molecule has 116 valence electrons. The number of para-hydroxylation sites is 1. The van der Waals surface area contributed by atoms with E-state index in [2.05, 4.69) is 26.0 Å². The van der Waals surface area contributed by atoms with Gasteiger partial charge in [-0.25, -0.2) is 0 Å². The minimum Gasteiger partial charge on any atom is -0.434 e. The molecular weight excluding hydrogens is 344 g/mol. The van der Waals surface area contributed by atoms with Gasteiger partial charge in [-0.1, -0.05) is 40.9 Å². The lowest BCUT2D eigenvalue weighted by Crippen LogP contribution is -2.42. The molecule has 2 unspecified atom stereocenters. The zero-order valence-electron chi connectivity index (χ0n) is 11.5. The second kappa shape index (κ2) is 7.73. The van der Waals surface area contributed by atoms with E-state index < -0.39 is 6.61 Å². The van der Waals surface area contributed by atoms with Crippen LogP contribution < -0.4 is 10.1 Å². The molecular formula is C15H18BrF2NO2. The lowest BCUT2D eigenvalue weighted by molar-refractivity contribution is -0.0501. The van der Waals surface area contributed by atoms with Crippen LogP contribution in [0.15, 0.2) is 24.3 Å². The van der Waals surface area contributed by atoms with E-state index in [4.69, 9.17) is 0 Å². The number of hydrogen-bond donors (Lipinski definition) is 1. The molecule has 6 heteroatoms. The number of benzene rings is 1. The predicted molar refractivity (Wildman–Crippen MR) is 80.1 cm³/mol. The molecule has 1 aliphatic carbocycles. The Kier molecular flexibility index (Phi) is 5.96. The van der Waals surface area contributed by atoms with E-state index in [9.17, 15) is 13.6 Å². The van der Waals surface area contributed by atoms with Gasteiger partial charge < -0.3 is 10.1 Å². The number of alkyl halides is 3. The van der Waals surface area contributed by atoms with Crippen LogP contribution in [0.1, 0.15) is 36.0 Å². The third-order valence-corrected chi connectivity index (χ3v) is 4.60. The van der Waals surface area contributed by atoms with Gasteiger partial charge in [-0.3, -0.25) is 4.79 Å². The normalized spacial score (nSPS) is 22.1. The molecule has 0 bridgehead atoms. The zero-order chi connectivity index (χ0) is 15.2. The first-order valence-electron chi connectivity index (χ1n) is 7.02. The van der Waals surface area contributed by atoms with Gasteiger partial charge in [0.15, 0.2) is 0 Å². The summed E-state index contributed by atoms with van der Waals surface area (Å²) in [5.74, 6) is -0.0637. The van der Waals surface area contributed by atoms with Crippen LogP contribution in [0.4, 0.5) is 8.78 Å². The van der Waals surface area contributed by atoms with E-state index in [1.54, 1.807) is 12.1 Å². The summed E-state index contributed by atoms with van der Waals surface area (Å²) in [6.07, 6.45) is 4.21. The fourth-order valence-electron chi connectivity index (χ4n) is 2.68.